The van der Waals surface area contributed by atoms with Gasteiger partial charge in [0.25, 0.3) is 0 Å². The van der Waals surface area contributed by atoms with Crippen molar-refractivity contribution in [2.24, 2.45) is 0 Å². The van der Waals surface area contributed by atoms with Gasteiger partial charge in [-0.1, -0.05) is 12.8 Å². The van der Waals surface area contributed by atoms with Crippen molar-refractivity contribution in [3.05, 3.63) is 0 Å². The fourth-order valence-corrected chi connectivity index (χ4v) is 1.88. The van der Waals surface area contributed by atoms with Crippen LogP contribution in [0.2, 0.25) is 0 Å². The number of carboxylic acids is 1. The Hall–Kier alpha value is -0.570. The first kappa shape index (κ1) is 9.52. The summed E-state index contributed by atoms with van der Waals surface area (Å²) in [5.74, 6) is -0.761. The highest BCUT2D eigenvalue weighted by Gasteiger charge is 2.31. The van der Waals surface area contributed by atoms with Crippen LogP contribution in [0.1, 0.15) is 39.5 Å². The van der Waals surface area contributed by atoms with E-state index in [-0.39, 0.29) is 5.54 Å². The van der Waals surface area contributed by atoms with Crippen LogP contribution in [-0.2, 0) is 4.79 Å². The molecule has 0 amide bonds. The van der Waals surface area contributed by atoms with Gasteiger partial charge < -0.3 is 5.11 Å². The largest absolute Gasteiger partial charge is 0.480 e. The standard InChI is InChI=1S/C9H17NO2/c1-7(8(11)12)10-9(2)5-3-4-6-9/h7,10H,3-6H2,1-2H3,(H,11,12)/t7-/m0/s1. The van der Waals surface area contributed by atoms with Crippen LogP contribution in [0.25, 0.3) is 0 Å². The second-order valence-electron chi connectivity index (χ2n) is 3.97. The van der Waals surface area contributed by atoms with Gasteiger partial charge in [-0.15, -0.1) is 0 Å². The number of carbonyl (C=O) groups is 1. The molecule has 12 heavy (non-hydrogen) atoms. The summed E-state index contributed by atoms with van der Waals surface area (Å²) in [5.41, 5.74) is 0.0673. The third kappa shape index (κ3) is 2.21. The van der Waals surface area contributed by atoms with E-state index in [0.717, 1.165) is 12.8 Å². The number of carboxylic acid groups (broad SMARTS) is 1. The van der Waals surface area contributed by atoms with Crippen molar-refractivity contribution in [2.75, 3.05) is 0 Å². The van der Waals surface area contributed by atoms with Crippen molar-refractivity contribution in [3.8, 4) is 0 Å². The summed E-state index contributed by atoms with van der Waals surface area (Å²) in [6, 6.07) is -0.423. The number of nitrogens with one attached hydrogen (secondary N) is 1. The molecule has 3 heteroatoms. The fraction of sp³-hybridized carbons (Fsp3) is 0.889. The van der Waals surface area contributed by atoms with Crippen LogP contribution in [0.3, 0.4) is 0 Å². The average Bonchev–Trinajstić information content (AvgIpc) is 2.35. The van der Waals surface area contributed by atoms with Crippen LogP contribution < -0.4 is 5.32 Å². The SMILES string of the molecule is C[C@H](NC1(C)CCCC1)C(=O)O. The molecule has 0 aromatic rings. The predicted molar refractivity (Wildman–Crippen MR) is 47.1 cm³/mol. The topological polar surface area (TPSA) is 49.3 Å². The number of aliphatic carboxylic acids is 1. The Balaban J connectivity index is 2.43. The van der Waals surface area contributed by atoms with E-state index in [1.165, 1.54) is 12.8 Å². The lowest BCUT2D eigenvalue weighted by Crippen LogP contribution is -2.48. The van der Waals surface area contributed by atoms with E-state index in [9.17, 15) is 4.79 Å². The normalized spacial score (nSPS) is 23.8. The summed E-state index contributed by atoms with van der Waals surface area (Å²) >= 11 is 0. The van der Waals surface area contributed by atoms with E-state index >= 15 is 0 Å². The molecule has 70 valence electrons. The maximum Gasteiger partial charge on any atom is 0.320 e. The first-order chi connectivity index (χ1) is 5.53. The van der Waals surface area contributed by atoms with Gasteiger partial charge in [-0.3, -0.25) is 10.1 Å². The summed E-state index contributed by atoms with van der Waals surface area (Å²) in [5, 5.41) is 11.8. The van der Waals surface area contributed by atoms with E-state index in [1.54, 1.807) is 6.92 Å². The Labute approximate surface area is 73.2 Å². The molecule has 1 aliphatic rings. The Morgan fingerprint density at radius 1 is 1.50 bits per heavy atom. The predicted octanol–water partition coefficient (Wildman–Crippen LogP) is 1.38. The van der Waals surface area contributed by atoms with Crippen LogP contribution in [0.5, 0.6) is 0 Å². The summed E-state index contributed by atoms with van der Waals surface area (Å²) in [4.78, 5) is 10.6. The summed E-state index contributed by atoms with van der Waals surface area (Å²) in [7, 11) is 0. The Morgan fingerprint density at radius 2 is 2.00 bits per heavy atom. The molecule has 0 saturated heterocycles. The highest BCUT2D eigenvalue weighted by Crippen LogP contribution is 2.29. The van der Waals surface area contributed by atoms with Gasteiger partial charge in [-0.2, -0.15) is 0 Å². The third-order valence-electron chi connectivity index (χ3n) is 2.64. The Morgan fingerprint density at radius 3 is 2.42 bits per heavy atom. The number of hydrogen-bond acceptors (Lipinski definition) is 2. The zero-order valence-electron chi connectivity index (χ0n) is 7.76. The van der Waals surface area contributed by atoms with Gasteiger partial charge in [-0.25, -0.2) is 0 Å². The molecule has 1 aliphatic carbocycles. The van der Waals surface area contributed by atoms with Crippen LogP contribution in [0.15, 0.2) is 0 Å². The molecule has 0 unspecified atom stereocenters. The maximum atomic E-state index is 10.6. The fourth-order valence-electron chi connectivity index (χ4n) is 1.88. The van der Waals surface area contributed by atoms with Crippen LogP contribution in [0.4, 0.5) is 0 Å². The van der Waals surface area contributed by atoms with E-state index < -0.39 is 12.0 Å². The highest BCUT2D eigenvalue weighted by molar-refractivity contribution is 5.72. The van der Waals surface area contributed by atoms with E-state index in [2.05, 4.69) is 12.2 Å². The minimum atomic E-state index is -0.761. The van der Waals surface area contributed by atoms with Crippen molar-refractivity contribution >= 4 is 5.97 Å². The molecule has 0 heterocycles. The van der Waals surface area contributed by atoms with Crippen molar-refractivity contribution < 1.29 is 9.90 Å². The first-order valence-corrected chi connectivity index (χ1v) is 4.54. The summed E-state index contributed by atoms with van der Waals surface area (Å²) < 4.78 is 0. The number of rotatable bonds is 3. The van der Waals surface area contributed by atoms with E-state index in [1.807, 2.05) is 0 Å². The van der Waals surface area contributed by atoms with Gasteiger partial charge in [0.1, 0.15) is 6.04 Å². The van der Waals surface area contributed by atoms with Crippen molar-refractivity contribution in [3.63, 3.8) is 0 Å². The molecule has 0 bridgehead atoms. The van der Waals surface area contributed by atoms with Gasteiger partial charge in [0, 0.05) is 5.54 Å². The summed E-state index contributed by atoms with van der Waals surface area (Å²) in [6.07, 6.45) is 4.64. The second kappa shape index (κ2) is 3.44. The maximum absolute atomic E-state index is 10.6. The molecule has 0 aliphatic heterocycles. The molecule has 3 nitrogen and oxygen atoms in total. The lowest BCUT2D eigenvalue weighted by atomic mass is 9.99. The second-order valence-corrected chi connectivity index (χ2v) is 3.97. The lowest BCUT2D eigenvalue weighted by Gasteiger charge is -2.27. The quantitative estimate of drug-likeness (QED) is 0.674. The van der Waals surface area contributed by atoms with Crippen molar-refractivity contribution in [2.45, 2.75) is 51.1 Å². The molecule has 2 N–H and O–H groups in total. The van der Waals surface area contributed by atoms with Crippen LogP contribution >= 0.6 is 0 Å². The van der Waals surface area contributed by atoms with Gasteiger partial charge in [0.05, 0.1) is 0 Å². The molecule has 0 spiro atoms. The van der Waals surface area contributed by atoms with Crippen LogP contribution in [-0.4, -0.2) is 22.7 Å². The zero-order chi connectivity index (χ0) is 9.19. The molecular weight excluding hydrogens is 154 g/mol. The Kier molecular flexibility index (Phi) is 2.73. The van der Waals surface area contributed by atoms with Gasteiger partial charge in [0.2, 0.25) is 0 Å². The monoisotopic (exact) mass is 171 g/mol. The molecule has 0 aromatic heterocycles. The molecule has 1 saturated carbocycles. The highest BCUT2D eigenvalue weighted by atomic mass is 16.4. The van der Waals surface area contributed by atoms with Gasteiger partial charge in [0.15, 0.2) is 0 Å². The Bertz CT molecular complexity index is 173. The van der Waals surface area contributed by atoms with Gasteiger partial charge >= 0.3 is 5.97 Å². The molecule has 1 atom stereocenters. The molecule has 1 fully saturated rings. The lowest BCUT2D eigenvalue weighted by molar-refractivity contribution is -0.139. The van der Waals surface area contributed by atoms with E-state index in [4.69, 9.17) is 5.11 Å². The minimum absolute atomic E-state index is 0.0673. The van der Waals surface area contributed by atoms with Crippen molar-refractivity contribution in [1.82, 2.24) is 5.32 Å². The third-order valence-corrected chi connectivity index (χ3v) is 2.64. The molecule has 1 rings (SSSR count). The molecule has 0 radical (unpaired) electrons. The molecular formula is C9H17NO2. The average molecular weight is 171 g/mol. The minimum Gasteiger partial charge on any atom is -0.480 e. The van der Waals surface area contributed by atoms with Crippen LogP contribution in [0, 0.1) is 0 Å². The van der Waals surface area contributed by atoms with Crippen molar-refractivity contribution in [1.29, 1.82) is 0 Å². The number of hydrogen-bond donors (Lipinski definition) is 2. The summed E-state index contributed by atoms with van der Waals surface area (Å²) in [6.45, 7) is 3.81. The molecule has 0 aromatic carbocycles. The van der Waals surface area contributed by atoms with Gasteiger partial charge in [-0.05, 0) is 26.7 Å². The zero-order valence-corrected chi connectivity index (χ0v) is 7.76. The van der Waals surface area contributed by atoms with E-state index in [0.29, 0.717) is 0 Å². The smallest absolute Gasteiger partial charge is 0.320 e. The first-order valence-electron chi connectivity index (χ1n) is 4.54.